The van der Waals surface area contributed by atoms with E-state index in [9.17, 15) is 4.79 Å². The quantitative estimate of drug-likeness (QED) is 0.891. The van der Waals surface area contributed by atoms with E-state index >= 15 is 0 Å². The van der Waals surface area contributed by atoms with Crippen LogP contribution in [0.4, 0.5) is 5.13 Å². The molecule has 0 unspecified atom stereocenters. The van der Waals surface area contributed by atoms with Crippen molar-refractivity contribution in [2.75, 3.05) is 11.9 Å². The first-order valence-electron chi connectivity index (χ1n) is 6.00. The van der Waals surface area contributed by atoms with Crippen LogP contribution in [0.15, 0.2) is 5.51 Å². The minimum Gasteiger partial charge on any atom is -0.330 e. The molecule has 5 nitrogen and oxygen atoms in total. The molecule has 1 saturated carbocycles. The first-order chi connectivity index (χ1) is 8.24. The third-order valence-electron chi connectivity index (χ3n) is 3.49. The van der Waals surface area contributed by atoms with Crippen molar-refractivity contribution in [2.45, 2.75) is 38.5 Å². The highest BCUT2D eigenvalue weighted by Crippen LogP contribution is 2.38. The summed E-state index contributed by atoms with van der Waals surface area (Å²) in [5.74, 6) is 0.00843. The van der Waals surface area contributed by atoms with Crippen LogP contribution in [0.25, 0.3) is 0 Å². The second kappa shape index (κ2) is 7.01. The zero-order valence-corrected chi connectivity index (χ0v) is 11.9. The Morgan fingerprint density at radius 1 is 1.44 bits per heavy atom. The van der Waals surface area contributed by atoms with E-state index in [4.69, 9.17) is 5.73 Å². The third kappa shape index (κ3) is 3.90. The van der Waals surface area contributed by atoms with Gasteiger partial charge in [0.05, 0.1) is 0 Å². The number of rotatable bonds is 4. The van der Waals surface area contributed by atoms with Crippen LogP contribution < -0.4 is 11.1 Å². The molecule has 1 amide bonds. The van der Waals surface area contributed by atoms with E-state index < -0.39 is 0 Å². The lowest BCUT2D eigenvalue weighted by molar-refractivity contribution is -0.118. The highest BCUT2D eigenvalue weighted by molar-refractivity contribution is 7.13. The van der Waals surface area contributed by atoms with E-state index in [0.717, 1.165) is 12.8 Å². The number of amides is 1. The molecule has 0 atom stereocenters. The zero-order valence-electron chi connectivity index (χ0n) is 10.2. The second-order valence-electron chi connectivity index (χ2n) is 4.73. The second-order valence-corrected chi connectivity index (χ2v) is 5.57. The van der Waals surface area contributed by atoms with Gasteiger partial charge in [0.2, 0.25) is 11.0 Å². The minimum absolute atomic E-state index is 0. The number of nitrogens with one attached hydrogen (secondary N) is 1. The lowest BCUT2D eigenvalue weighted by Crippen LogP contribution is -2.36. The normalized spacial score (nSPS) is 17.8. The highest BCUT2D eigenvalue weighted by atomic mass is 35.5. The summed E-state index contributed by atoms with van der Waals surface area (Å²) in [6.07, 6.45) is 6.26. The fourth-order valence-electron chi connectivity index (χ4n) is 2.49. The lowest BCUT2D eigenvalue weighted by Gasteiger charge is -2.35. The first-order valence-corrected chi connectivity index (χ1v) is 6.88. The van der Waals surface area contributed by atoms with E-state index in [-0.39, 0.29) is 23.7 Å². The van der Waals surface area contributed by atoms with Gasteiger partial charge in [-0.2, -0.15) is 0 Å². The molecule has 3 N–H and O–H groups in total. The number of nitrogens with two attached hydrogens (primary N) is 1. The van der Waals surface area contributed by atoms with E-state index in [2.05, 4.69) is 15.5 Å². The molecule has 0 bridgehead atoms. The number of hydrogen-bond acceptors (Lipinski definition) is 5. The summed E-state index contributed by atoms with van der Waals surface area (Å²) in [5, 5.41) is 10.8. The van der Waals surface area contributed by atoms with Gasteiger partial charge in [-0.05, 0) is 24.8 Å². The first kappa shape index (κ1) is 15.3. The monoisotopic (exact) mass is 290 g/mol. The number of carbonyl (C=O) groups excluding carboxylic acids is 1. The third-order valence-corrected chi connectivity index (χ3v) is 4.10. The Bertz CT molecular complexity index is 365. The Hall–Kier alpha value is -0.720. The molecule has 0 aliphatic heterocycles. The molecule has 102 valence electrons. The van der Waals surface area contributed by atoms with Crippen molar-refractivity contribution in [3.05, 3.63) is 5.51 Å². The fourth-order valence-corrected chi connectivity index (χ4v) is 2.95. The van der Waals surface area contributed by atoms with Crippen LogP contribution in [-0.4, -0.2) is 22.6 Å². The van der Waals surface area contributed by atoms with Gasteiger partial charge in [-0.1, -0.05) is 30.6 Å². The number of carbonyl (C=O) groups is 1. The van der Waals surface area contributed by atoms with Crippen LogP contribution in [-0.2, 0) is 4.79 Å². The van der Waals surface area contributed by atoms with Crippen molar-refractivity contribution >= 4 is 34.8 Å². The Kier molecular flexibility index (Phi) is 5.98. The van der Waals surface area contributed by atoms with Crippen LogP contribution >= 0.6 is 23.7 Å². The summed E-state index contributed by atoms with van der Waals surface area (Å²) in [4.78, 5) is 11.9. The fraction of sp³-hybridized carbons (Fsp3) is 0.727. The van der Waals surface area contributed by atoms with Crippen LogP contribution in [0, 0.1) is 5.41 Å². The van der Waals surface area contributed by atoms with Gasteiger partial charge in [0, 0.05) is 6.42 Å². The van der Waals surface area contributed by atoms with Gasteiger partial charge in [-0.3, -0.25) is 4.79 Å². The van der Waals surface area contributed by atoms with Gasteiger partial charge < -0.3 is 11.1 Å². The van der Waals surface area contributed by atoms with Gasteiger partial charge in [-0.15, -0.1) is 22.6 Å². The van der Waals surface area contributed by atoms with Crippen LogP contribution in [0.1, 0.15) is 38.5 Å². The van der Waals surface area contributed by atoms with Crippen molar-refractivity contribution in [1.82, 2.24) is 10.2 Å². The number of aromatic nitrogens is 2. The van der Waals surface area contributed by atoms with Crippen LogP contribution in [0.2, 0.25) is 0 Å². The minimum atomic E-state index is 0. The molecular weight excluding hydrogens is 272 g/mol. The lowest BCUT2D eigenvalue weighted by atomic mass is 9.72. The van der Waals surface area contributed by atoms with Crippen molar-refractivity contribution in [3.8, 4) is 0 Å². The maximum Gasteiger partial charge on any atom is 0.226 e. The average molecular weight is 291 g/mol. The Morgan fingerprint density at radius 2 is 2.17 bits per heavy atom. The predicted octanol–water partition coefficient (Wildman–Crippen LogP) is 2.20. The smallest absolute Gasteiger partial charge is 0.226 e. The van der Waals surface area contributed by atoms with Crippen LogP contribution in [0.3, 0.4) is 0 Å². The molecule has 1 aromatic heterocycles. The van der Waals surface area contributed by atoms with Crippen molar-refractivity contribution in [1.29, 1.82) is 0 Å². The largest absolute Gasteiger partial charge is 0.330 e. The standard InChI is InChI=1S/C11H18N4OS.ClH/c12-7-11(4-2-1-3-5-11)6-9(16)14-10-15-13-8-17-10;/h8H,1-7,12H2,(H,14,15,16);1H. The number of hydrogen-bond donors (Lipinski definition) is 2. The maximum atomic E-state index is 11.9. The predicted molar refractivity (Wildman–Crippen MR) is 75.0 cm³/mol. The van der Waals surface area contributed by atoms with Gasteiger partial charge in [0.15, 0.2) is 0 Å². The van der Waals surface area contributed by atoms with E-state index in [1.54, 1.807) is 5.51 Å². The summed E-state index contributed by atoms with van der Waals surface area (Å²) in [5.41, 5.74) is 7.47. The van der Waals surface area contributed by atoms with E-state index in [0.29, 0.717) is 18.1 Å². The molecular formula is C11H19ClN4OS. The molecule has 1 heterocycles. The SMILES string of the molecule is Cl.NCC1(CC(=O)Nc2nncs2)CCCCC1. The van der Waals surface area contributed by atoms with Gasteiger partial charge in [0.25, 0.3) is 0 Å². The molecule has 1 fully saturated rings. The molecule has 0 aromatic carbocycles. The Balaban J connectivity index is 0.00000162. The van der Waals surface area contributed by atoms with E-state index in [1.807, 2.05) is 0 Å². The topological polar surface area (TPSA) is 80.9 Å². The molecule has 18 heavy (non-hydrogen) atoms. The molecule has 1 aliphatic rings. The Labute approximate surface area is 117 Å². The number of nitrogens with zero attached hydrogens (tertiary/aromatic N) is 2. The highest BCUT2D eigenvalue weighted by Gasteiger charge is 2.33. The van der Waals surface area contributed by atoms with Gasteiger partial charge in [0.1, 0.15) is 5.51 Å². The van der Waals surface area contributed by atoms with E-state index in [1.165, 1.54) is 30.6 Å². The molecule has 7 heteroatoms. The summed E-state index contributed by atoms with van der Waals surface area (Å²) in [7, 11) is 0. The molecule has 1 aromatic rings. The average Bonchev–Trinajstić information content (AvgIpc) is 2.83. The molecule has 2 rings (SSSR count). The number of halogens is 1. The summed E-state index contributed by atoms with van der Waals surface area (Å²) in [6.45, 7) is 0.594. The van der Waals surface area contributed by atoms with Crippen LogP contribution in [0.5, 0.6) is 0 Å². The summed E-state index contributed by atoms with van der Waals surface area (Å²) >= 11 is 1.33. The molecule has 1 aliphatic carbocycles. The molecule has 0 spiro atoms. The maximum absolute atomic E-state index is 11.9. The van der Waals surface area contributed by atoms with Crippen molar-refractivity contribution in [2.24, 2.45) is 11.1 Å². The van der Waals surface area contributed by atoms with Crippen molar-refractivity contribution < 1.29 is 4.79 Å². The van der Waals surface area contributed by atoms with Gasteiger partial charge in [-0.25, -0.2) is 0 Å². The summed E-state index contributed by atoms with van der Waals surface area (Å²) in [6, 6.07) is 0. The Morgan fingerprint density at radius 3 is 2.72 bits per heavy atom. The number of anilines is 1. The molecule has 0 radical (unpaired) electrons. The van der Waals surface area contributed by atoms with Gasteiger partial charge >= 0.3 is 0 Å². The summed E-state index contributed by atoms with van der Waals surface area (Å²) < 4.78 is 0. The molecule has 0 saturated heterocycles. The zero-order chi connectivity index (χ0) is 12.1. The van der Waals surface area contributed by atoms with Crippen molar-refractivity contribution in [3.63, 3.8) is 0 Å².